The van der Waals surface area contributed by atoms with E-state index in [1.54, 1.807) is 5.70 Å². The van der Waals surface area contributed by atoms with Gasteiger partial charge in [0.05, 0.1) is 6.17 Å². The molecule has 0 spiro atoms. The molecule has 11 heteroatoms. The molecule has 6 aliphatic heterocycles. The molecule has 0 radical (unpaired) electrons. The van der Waals surface area contributed by atoms with Crippen LogP contribution < -0.4 is 10.6 Å². The molecular weight excluding hydrogens is 582 g/mol. The maximum atomic E-state index is 13.4. The first kappa shape index (κ1) is 30.6. The highest BCUT2D eigenvalue weighted by Gasteiger charge is 2.48. The molecular formula is C35H51N7O4. The van der Waals surface area contributed by atoms with E-state index in [0.29, 0.717) is 30.2 Å². The number of hydrogen-bond acceptors (Lipinski definition) is 9. The van der Waals surface area contributed by atoms with Crippen molar-refractivity contribution in [2.24, 2.45) is 11.8 Å². The van der Waals surface area contributed by atoms with Gasteiger partial charge >= 0.3 is 0 Å². The van der Waals surface area contributed by atoms with E-state index in [4.69, 9.17) is 0 Å². The zero-order valence-corrected chi connectivity index (χ0v) is 27.3. The summed E-state index contributed by atoms with van der Waals surface area (Å²) >= 11 is 0. The number of piperidine rings is 2. The van der Waals surface area contributed by atoms with Gasteiger partial charge in [-0.05, 0) is 96.1 Å². The third-order valence-electron chi connectivity index (χ3n) is 12.7. The fourth-order valence-electron chi connectivity index (χ4n) is 10.1. The number of allylic oxidation sites excluding steroid dienone is 1. The summed E-state index contributed by atoms with van der Waals surface area (Å²) in [6.07, 6.45) is 15.9. The van der Waals surface area contributed by atoms with Gasteiger partial charge < -0.3 is 20.0 Å². The Kier molecular flexibility index (Phi) is 8.43. The van der Waals surface area contributed by atoms with Crippen LogP contribution in [0.15, 0.2) is 23.0 Å². The molecule has 4 amide bonds. The molecule has 2 aliphatic carbocycles. The zero-order valence-electron chi connectivity index (χ0n) is 27.3. The van der Waals surface area contributed by atoms with Crippen molar-refractivity contribution in [3.63, 3.8) is 0 Å². The number of piperazine rings is 1. The number of likely N-dealkylation sites (tertiary alicyclic amines) is 1. The zero-order chi connectivity index (χ0) is 31.4. The van der Waals surface area contributed by atoms with Gasteiger partial charge in [0.2, 0.25) is 11.8 Å². The minimum atomic E-state index is -0.873. The first-order valence-corrected chi connectivity index (χ1v) is 18.3. The highest BCUT2D eigenvalue weighted by atomic mass is 16.2. The Balaban J connectivity index is 0.762. The third-order valence-corrected chi connectivity index (χ3v) is 12.7. The minimum absolute atomic E-state index is 0.154. The van der Waals surface area contributed by atoms with Crippen LogP contribution in [0, 0.1) is 11.8 Å². The summed E-state index contributed by atoms with van der Waals surface area (Å²) in [7, 11) is 0. The van der Waals surface area contributed by atoms with Gasteiger partial charge in [0.15, 0.2) is 0 Å². The van der Waals surface area contributed by atoms with Crippen molar-refractivity contribution in [3.8, 4) is 0 Å². The molecule has 0 aromatic carbocycles. The second-order valence-electron chi connectivity index (χ2n) is 15.2. The average Bonchev–Trinajstić information content (AvgIpc) is 3.77. The van der Waals surface area contributed by atoms with Crippen LogP contribution in [0.2, 0.25) is 0 Å². The van der Waals surface area contributed by atoms with E-state index in [2.05, 4.69) is 36.4 Å². The largest absolute Gasteiger partial charge is 0.370 e. The molecule has 3 atom stereocenters. The van der Waals surface area contributed by atoms with Crippen LogP contribution in [0.1, 0.15) is 83.5 Å². The Morgan fingerprint density at radius 3 is 2.20 bits per heavy atom. The first-order valence-electron chi connectivity index (χ1n) is 18.3. The number of nitrogens with one attached hydrogen (secondary N) is 2. The third kappa shape index (κ3) is 5.70. The number of fused-ring (bicyclic) bond motifs is 1. The Hall–Kier alpha value is -2.76. The lowest BCUT2D eigenvalue weighted by atomic mass is 9.82. The molecule has 4 saturated heterocycles. The van der Waals surface area contributed by atoms with Crippen LogP contribution in [0.4, 0.5) is 0 Å². The van der Waals surface area contributed by atoms with Crippen molar-refractivity contribution in [1.82, 2.24) is 35.1 Å². The van der Waals surface area contributed by atoms with Crippen molar-refractivity contribution in [3.05, 3.63) is 23.0 Å². The number of amides is 4. The van der Waals surface area contributed by atoms with E-state index in [-0.39, 0.29) is 36.6 Å². The summed E-state index contributed by atoms with van der Waals surface area (Å²) in [5, 5.41) is 5.92. The molecule has 8 aliphatic rings. The molecule has 8 rings (SSSR count). The van der Waals surface area contributed by atoms with Crippen LogP contribution >= 0.6 is 0 Å². The van der Waals surface area contributed by atoms with Gasteiger partial charge in [-0.2, -0.15) is 0 Å². The van der Waals surface area contributed by atoms with Crippen LogP contribution in [0.3, 0.4) is 0 Å². The highest BCUT2D eigenvalue weighted by molar-refractivity contribution is 6.21. The number of rotatable bonds is 6. The van der Waals surface area contributed by atoms with Gasteiger partial charge in [0.1, 0.15) is 6.04 Å². The van der Waals surface area contributed by atoms with Crippen LogP contribution in [0.5, 0.6) is 0 Å². The Labute approximate surface area is 272 Å². The van der Waals surface area contributed by atoms with E-state index < -0.39 is 11.9 Å². The maximum Gasteiger partial charge on any atom is 0.257 e. The summed E-state index contributed by atoms with van der Waals surface area (Å²) in [6, 6.07) is 0.160. The highest BCUT2D eigenvalue weighted by Crippen LogP contribution is 2.40. The number of nitrogens with zero attached hydrogens (tertiary/aromatic N) is 5. The summed E-state index contributed by atoms with van der Waals surface area (Å²) in [5.74, 6) is 0.0186. The van der Waals surface area contributed by atoms with E-state index in [0.717, 1.165) is 55.4 Å². The van der Waals surface area contributed by atoms with Crippen molar-refractivity contribution < 1.29 is 19.2 Å². The molecule has 3 unspecified atom stereocenters. The Bertz CT molecular complexity index is 1310. The van der Waals surface area contributed by atoms with E-state index in [1.807, 2.05) is 0 Å². The molecule has 46 heavy (non-hydrogen) atoms. The van der Waals surface area contributed by atoms with Gasteiger partial charge in [0.25, 0.3) is 11.8 Å². The number of carbonyl (C=O) groups excluding carboxylic acids is 4. The molecule has 6 heterocycles. The van der Waals surface area contributed by atoms with Crippen LogP contribution in [-0.2, 0) is 19.2 Å². The second kappa shape index (κ2) is 12.7. The van der Waals surface area contributed by atoms with Crippen molar-refractivity contribution in [2.75, 3.05) is 52.4 Å². The standard InChI is InChI=1S/C35H51N7O4/c43-32-10-9-29(33(44)37-32)42-34(45)27-8-7-26(20-28(27)35(42)46)40-18-16-38(17-19-40)22-23-11-14-39(15-12-23)25-5-3-24(4-6-25)30-21-36-31-2-1-13-41(30)31/h21,23-26,29,31,36H,1-20,22H2,(H,37,43,44). The molecule has 250 valence electrons. The molecule has 1 saturated carbocycles. The Morgan fingerprint density at radius 2 is 1.43 bits per heavy atom. The van der Waals surface area contributed by atoms with Gasteiger partial charge in [-0.3, -0.25) is 34.3 Å². The fraction of sp³-hybridized carbons (Fsp3) is 0.771. The molecule has 0 aromatic heterocycles. The first-order chi connectivity index (χ1) is 22.4. The number of carbonyl (C=O) groups is 4. The molecule has 0 aromatic rings. The number of imide groups is 2. The average molecular weight is 634 g/mol. The van der Waals surface area contributed by atoms with Gasteiger partial charge in [-0.25, -0.2) is 0 Å². The lowest BCUT2D eigenvalue weighted by molar-refractivity contribution is -0.150. The normalized spacial score (nSPS) is 35.4. The number of hydrogen-bond donors (Lipinski definition) is 2. The maximum absolute atomic E-state index is 13.4. The van der Waals surface area contributed by atoms with Gasteiger partial charge in [-0.1, -0.05) is 0 Å². The summed E-state index contributed by atoms with van der Waals surface area (Å²) in [4.78, 5) is 62.3. The van der Waals surface area contributed by atoms with Crippen LogP contribution in [-0.4, -0.2) is 125 Å². The summed E-state index contributed by atoms with van der Waals surface area (Å²) < 4.78 is 0. The predicted octanol–water partition coefficient (Wildman–Crippen LogP) is 1.76. The van der Waals surface area contributed by atoms with Gasteiger partial charge in [0, 0.05) is 86.7 Å². The molecule has 11 nitrogen and oxygen atoms in total. The summed E-state index contributed by atoms with van der Waals surface area (Å²) in [6.45, 7) is 9.05. The monoisotopic (exact) mass is 633 g/mol. The SMILES string of the molecule is O=C1CCC(N2C(=O)C3=C(CC(N4CCN(CC5CCN(C6CCC(C7=CNC8CCCN78)CC6)CC5)CC4)CC3)C2=O)C(=O)N1. The van der Waals surface area contributed by atoms with Gasteiger partial charge in [-0.15, -0.1) is 0 Å². The lowest BCUT2D eigenvalue weighted by Crippen LogP contribution is -2.54. The van der Waals surface area contributed by atoms with Crippen molar-refractivity contribution in [1.29, 1.82) is 0 Å². The quantitative estimate of drug-likeness (QED) is 0.423. The molecule has 2 N–H and O–H groups in total. The van der Waals surface area contributed by atoms with Crippen molar-refractivity contribution in [2.45, 2.75) is 108 Å². The molecule has 0 bridgehead atoms. The smallest absolute Gasteiger partial charge is 0.257 e. The summed E-state index contributed by atoms with van der Waals surface area (Å²) in [5.41, 5.74) is 2.79. The van der Waals surface area contributed by atoms with E-state index in [1.165, 1.54) is 77.5 Å². The van der Waals surface area contributed by atoms with E-state index >= 15 is 0 Å². The van der Waals surface area contributed by atoms with Crippen molar-refractivity contribution >= 4 is 23.6 Å². The van der Waals surface area contributed by atoms with E-state index in [9.17, 15) is 19.2 Å². The fourth-order valence-corrected chi connectivity index (χ4v) is 10.1. The lowest BCUT2D eigenvalue weighted by Gasteiger charge is -2.44. The topological polar surface area (TPSA) is 109 Å². The van der Waals surface area contributed by atoms with Crippen LogP contribution in [0.25, 0.3) is 0 Å². The predicted molar refractivity (Wildman–Crippen MR) is 172 cm³/mol. The molecule has 5 fully saturated rings. The minimum Gasteiger partial charge on any atom is -0.370 e. The second-order valence-corrected chi connectivity index (χ2v) is 15.2. The Morgan fingerprint density at radius 1 is 0.696 bits per heavy atom.